The third kappa shape index (κ3) is 4.84. The lowest BCUT2D eigenvalue weighted by atomic mass is 9.96. The molecule has 0 saturated heterocycles. The van der Waals surface area contributed by atoms with Crippen molar-refractivity contribution in [1.29, 1.82) is 0 Å². The van der Waals surface area contributed by atoms with Gasteiger partial charge >= 0.3 is 0 Å². The zero-order valence-electron chi connectivity index (χ0n) is 16.2. The second kappa shape index (κ2) is 9.41. The van der Waals surface area contributed by atoms with Crippen molar-refractivity contribution < 1.29 is 9.53 Å². The highest BCUT2D eigenvalue weighted by Gasteiger charge is 2.29. The Morgan fingerprint density at radius 3 is 2.46 bits per heavy atom. The number of ether oxygens (including phenoxy) is 1. The normalized spacial score (nSPS) is 13.4. The lowest BCUT2D eigenvalue weighted by Crippen LogP contribution is -2.21. The molecule has 0 aliphatic heterocycles. The van der Waals surface area contributed by atoms with Crippen LogP contribution < -0.4 is 10.0 Å². The first-order valence-electron chi connectivity index (χ1n) is 9.38. The molecule has 0 spiro atoms. The summed E-state index contributed by atoms with van der Waals surface area (Å²) in [5.74, 6) is 0.877. The van der Waals surface area contributed by atoms with E-state index in [-0.39, 0.29) is 5.16 Å². The van der Waals surface area contributed by atoms with Crippen molar-refractivity contribution in [2.24, 2.45) is 0 Å². The van der Waals surface area contributed by atoms with Crippen LogP contribution >= 0.6 is 21.2 Å². The molecule has 2 unspecified atom stereocenters. The van der Waals surface area contributed by atoms with Gasteiger partial charge in [0.15, 0.2) is 6.29 Å². The zero-order valence-corrected chi connectivity index (χ0v) is 18.1. The molecule has 2 nitrogen and oxygen atoms in total. The van der Waals surface area contributed by atoms with Crippen molar-refractivity contribution in [1.82, 2.24) is 0 Å². The minimum absolute atomic E-state index is 0.149. The van der Waals surface area contributed by atoms with Crippen molar-refractivity contribution in [3.8, 4) is 5.75 Å². The Kier molecular flexibility index (Phi) is 6.93. The largest absolute Gasteiger partial charge is 0.489 e. The summed E-state index contributed by atoms with van der Waals surface area (Å²) in [6.45, 7) is 4.95. The Morgan fingerprint density at radius 1 is 1.04 bits per heavy atom. The van der Waals surface area contributed by atoms with Crippen LogP contribution in [0.5, 0.6) is 5.75 Å². The molecule has 4 heteroatoms. The van der Waals surface area contributed by atoms with Crippen molar-refractivity contribution in [3.05, 3.63) is 89.5 Å². The Bertz CT molecular complexity index is 942. The van der Waals surface area contributed by atoms with Crippen LogP contribution in [0.1, 0.15) is 41.8 Å². The van der Waals surface area contributed by atoms with E-state index in [2.05, 4.69) is 44.7 Å². The highest BCUT2D eigenvalue weighted by atomic mass is 32.1. The van der Waals surface area contributed by atoms with E-state index in [0.29, 0.717) is 15.2 Å². The maximum absolute atomic E-state index is 11.5. The van der Waals surface area contributed by atoms with Gasteiger partial charge in [0.25, 0.3) is 0 Å². The summed E-state index contributed by atoms with van der Waals surface area (Å²) in [5.41, 5.74) is 3.03. The highest BCUT2D eigenvalue weighted by molar-refractivity contribution is 7.80. The van der Waals surface area contributed by atoms with Gasteiger partial charge in [-0.2, -0.15) is 0 Å². The third-order valence-electron chi connectivity index (χ3n) is 5.00. The molecule has 0 heterocycles. The molecule has 144 valence electrons. The summed E-state index contributed by atoms with van der Waals surface area (Å²) in [6.07, 6.45) is 1.87. The molecule has 28 heavy (non-hydrogen) atoms. The highest BCUT2D eigenvalue weighted by Crippen LogP contribution is 2.48. The molecule has 0 bridgehead atoms. The molecule has 0 aliphatic carbocycles. The van der Waals surface area contributed by atoms with Gasteiger partial charge in [0, 0.05) is 21.2 Å². The predicted octanol–water partition coefficient (Wildman–Crippen LogP) is 6.00. The monoisotopic (exact) mass is 408 g/mol. The van der Waals surface area contributed by atoms with Gasteiger partial charge in [-0.3, -0.25) is 4.79 Å². The van der Waals surface area contributed by atoms with E-state index in [1.807, 2.05) is 54.6 Å². The minimum Gasteiger partial charge on any atom is -0.489 e. The van der Waals surface area contributed by atoms with E-state index in [9.17, 15) is 4.79 Å². The predicted molar refractivity (Wildman–Crippen MR) is 122 cm³/mol. The molecule has 0 radical (unpaired) electrons. The van der Waals surface area contributed by atoms with E-state index >= 15 is 0 Å². The van der Waals surface area contributed by atoms with Crippen molar-refractivity contribution in [2.75, 3.05) is 0 Å². The molecule has 0 aromatic heterocycles. The lowest BCUT2D eigenvalue weighted by Gasteiger charge is -2.31. The van der Waals surface area contributed by atoms with Crippen LogP contribution in [-0.2, 0) is 11.8 Å². The van der Waals surface area contributed by atoms with Gasteiger partial charge in [0.1, 0.15) is 12.4 Å². The van der Waals surface area contributed by atoms with Crippen molar-refractivity contribution in [2.45, 2.75) is 36.9 Å². The summed E-state index contributed by atoms with van der Waals surface area (Å²) >= 11 is 4.57. The van der Waals surface area contributed by atoms with Gasteiger partial charge in [-0.25, -0.2) is 0 Å². The summed E-state index contributed by atoms with van der Waals surface area (Å²) < 4.78 is 6.22. The maximum atomic E-state index is 11.5. The number of carbonyl (C=O) groups is 1. The fraction of sp³-hybridized carbons (Fsp3) is 0.208. The average Bonchev–Trinajstić information content (AvgIpc) is 2.74. The molecule has 3 rings (SSSR count). The molecule has 0 N–H and O–H groups in total. The topological polar surface area (TPSA) is 26.3 Å². The Labute approximate surface area is 174 Å². The second-order valence-electron chi connectivity index (χ2n) is 6.97. The van der Waals surface area contributed by atoms with Gasteiger partial charge in [0.2, 0.25) is 0 Å². The summed E-state index contributed by atoms with van der Waals surface area (Å²) in [4.78, 5) is 12.4. The standard InChI is InChI=1S/C24H25O2PS/c1-3-24(2,27-23-12-8-7-11-19(23)16-25)21-15-20(28)13-14-22(21)26-17-18-9-5-4-6-10-18/h4-16,27-28H,3,17H2,1-2H3. The van der Waals surface area contributed by atoms with E-state index in [0.717, 1.165) is 45.3 Å². The number of benzene rings is 3. The van der Waals surface area contributed by atoms with E-state index < -0.39 is 0 Å². The van der Waals surface area contributed by atoms with Crippen LogP contribution in [0.4, 0.5) is 0 Å². The number of aldehydes is 1. The third-order valence-corrected chi connectivity index (χ3v) is 7.18. The Morgan fingerprint density at radius 2 is 1.75 bits per heavy atom. The summed E-state index contributed by atoms with van der Waals surface area (Å²) in [7, 11) is 0.450. The Hall–Kier alpha value is -2.09. The molecule has 2 atom stereocenters. The van der Waals surface area contributed by atoms with Gasteiger partial charge in [-0.15, -0.1) is 12.6 Å². The number of hydrogen-bond donors (Lipinski definition) is 1. The average molecular weight is 409 g/mol. The number of hydrogen-bond acceptors (Lipinski definition) is 3. The van der Waals surface area contributed by atoms with Gasteiger partial charge in [0.05, 0.1) is 0 Å². The van der Waals surface area contributed by atoms with Crippen LogP contribution in [0.15, 0.2) is 77.7 Å². The van der Waals surface area contributed by atoms with Gasteiger partial charge < -0.3 is 4.74 Å². The molecule has 0 saturated carbocycles. The van der Waals surface area contributed by atoms with Crippen LogP contribution in [0, 0.1) is 0 Å². The molecule has 3 aromatic rings. The molecule has 3 aromatic carbocycles. The molecular weight excluding hydrogens is 383 g/mol. The SMILES string of the molecule is CCC(C)(Pc1ccccc1C=O)c1cc(S)ccc1OCc1ccccc1. The fourth-order valence-electron chi connectivity index (χ4n) is 3.17. The maximum Gasteiger partial charge on any atom is 0.150 e. The van der Waals surface area contributed by atoms with E-state index in [1.54, 1.807) is 0 Å². The molecule has 0 fully saturated rings. The van der Waals surface area contributed by atoms with Crippen LogP contribution in [0.3, 0.4) is 0 Å². The smallest absolute Gasteiger partial charge is 0.150 e. The van der Waals surface area contributed by atoms with Gasteiger partial charge in [-0.1, -0.05) is 77.0 Å². The fourth-order valence-corrected chi connectivity index (χ4v) is 4.94. The van der Waals surface area contributed by atoms with Gasteiger partial charge in [-0.05, 0) is 35.5 Å². The van der Waals surface area contributed by atoms with Crippen molar-refractivity contribution >= 4 is 32.8 Å². The van der Waals surface area contributed by atoms with Crippen LogP contribution in [0.25, 0.3) is 0 Å². The summed E-state index contributed by atoms with van der Waals surface area (Å²) in [6, 6.07) is 24.1. The first-order valence-corrected chi connectivity index (χ1v) is 10.8. The number of thiol groups is 1. The minimum atomic E-state index is -0.149. The quantitative estimate of drug-likeness (QED) is 0.281. The van der Waals surface area contributed by atoms with E-state index in [4.69, 9.17) is 4.74 Å². The molecular formula is C24H25O2PS. The number of carbonyl (C=O) groups excluding carboxylic acids is 1. The van der Waals surface area contributed by atoms with Crippen LogP contribution in [-0.4, -0.2) is 6.29 Å². The first-order chi connectivity index (χ1) is 13.6. The summed E-state index contributed by atoms with van der Waals surface area (Å²) in [5, 5.41) is 0.935. The lowest BCUT2D eigenvalue weighted by molar-refractivity contribution is 0.112. The Balaban J connectivity index is 1.94. The van der Waals surface area contributed by atoms with E-state index in [1.165, 1.54) is 0 Å². The zero-order chi connectivity index (χ0) is 20.0. The number of rotatable bonds is 8. The van der Waals surface area contributed by atoms with Crippen LogP contribution in [0.2, 0.25) is 0 Å². The first kappa shape index (κ1) is 20.6. The molecule has 0 amide bonds. The molecule has 0 aliphatic rings. The second-order valence-corrected chi connectivity index (χ2v) is 9.38. The van der Waals surface area contributed by atoms with Crippen molar-refractivity contribution in [3.63, 3.8) is 0 Å².